The van der Waals surface area contributed by atoms with Crippen LogP contribution in [0.15, 0.2) is 6.33 Å². The summed E-state index contributed by atoms with van der Waals surface area (Å²) in [6.45, 7) is 9.59. The van der Waals surface area contributed by atoms with Gasteiger partial charge in [-0.3, -0.25) is 4.79 Å². The van der Waals surface area contributed by atoms with Gasteiger partial charge in [-0.2, -0.15) is 0 Å². The number of nitrogen functional groups attached to an aromatic ring is 1. The zero-order valence-electron chi connectivity index (χ0n) is 12.7. The molecule has 0 aromatic carbocycles. The Morgan fingerprint density at radius 1 is 1.35 bits per heavy atom. The summed E-state index contributed by atoms with van der Waals surface area (Å²) in [7, 11) is 0. The van der Waals surface area contributed by atoms with Crippen molar-refractivity contribution in [1.82, 2.24) is 15.3 Å². The molecule has 0 saturated heterocycles. The zero-order valence-corrected chi connectivity index (χ0v) is 12.7. The molecule has 1 unspecified atom stereocenters. The number of hydrazine groups is 1. The van der Waals surface area contributed by atoms with Crippen LogP contribution in [0.4, 0.5) is 11.6 Å². The van der Waals surface area contributed by atoms with Gasteiger partial charge >= 0.3 is 0 Å². The lowest BCUT2D eigenvalue weighted by molar-refractivity contribution is -0.122. The van der Waals surface area contributed by atoms with Crippen LogP contribution in [0.1, 0.15) is 40.2 Å². The highest BCUT2D eigenvalue weighted by Gasteiger charge is 2.20. The Morgan fingerprint density at radius 3 is 2.45 bits per heavy atom. The third-order valence-corrected chi connectivity index (χ3v) is 2.68. The van der Waals surface area contributed by atoms with Gasteiger partial charge in [0.25, 0.3) is 0 Å². The van der Waals surface area contributed by atoms with Crippen LogP contribution < -0.4 is 21.9 Å². The quantitative estimate of drug-likeness (QED) is 0.474. The Balaban J connectivity index is 2.85. The summed E-state index contributed by atoms with van der Waals surface area (Å²) >= 11 is 0. The van der Waals surface area contributed by atoms with E-state index in [1.807, 2.05) is 27.7 Å². The van der Waals surface area contributed by atoms with E-state index >= 15 is 0 Å². The first-order valence-electron chi connectivity index (χ1n) is 6.67. The normalized spacial score (nSPS) is 12.7. The second-order valence-corrected chi connectivity index (χ2v) is 5.65. The number of rotatable bonds is 5. The van der Waals surface area contributed by atoms with E-state index < -0.39 is 6.04 Å². The Labute approximate surface area is 119 Å². The molecule has 1 aromatic rings. The van der Waals surface area contributed by atoms with Crippen LogP contribution in [0.3, 0.4) is 0 Å². The predicted octanol–water partition coefficient (Wildman–Crippen LogP) is 1.04. The number of aromatic nitrogens is 2. The number of nitrogens with two attached hydrogens (primary N) is 1. The van der Waals surface area contributed by atoms with Crippen LogP contribution in [0.25, 0.3) is 0 Å². The maximum Gasteiger partial charge on any atom is 0.242 e. The highest BCUT2D eigenvalue weighted by atomic mass is 16.2. The fourth-order valence-corrected chi connectivity index (χ4v) is 1.74. The molecule has 0 aliphatic carbocycles. The molecule has 7 nitrogen and oxygen atoms in total. The topological polar surface area (TPSA) is 105 Å². The summed E-state index contributed by atoms with van der Waals surface area (Å²) in [4.78, 5) is 20.3. The average molecular weight is 280 g/mol. The van der Waals surface area contributed by atoms with Crippen LogP contribution in [0.2, 0.25) is 0 Å². The molecule has 0 spiro atoms. The number of carbonyl (C=O) groups excluding carboxylic acids is 1. The van der Waals surface area contributed by atoms with E-state index in [-0.39, 0.29) is 11.4 Å². The van der Waals surface area contributed by atoms with Gasteiger partial charge in [-0.05, 0) is 34.1 Å². The van der Waals surface area contributed by atoms with E-state index in [9.17, 15) is 4.79 Å². The first kappa shape index (κ1) is 16.2. The maximum absolute atomic E-state index is 12.1. The molecule has 0 fully saturated rings. The summed E-state index contributed by atoms with van der Waals surface area (Å²) in [5.74, 6) is 6.52. The van der Waals surface area contributed by atoms with Gasteiger partial charge in [-0.1, -0.05) is 6.92 Å². The summed E-state index contributed by atoms with van der Waals surface area (Å²) in [5.41, 5.74) is 3.12. The lowest BCUT2D eigenvalue weighted by atomic mass is 10.1. The molecular weight excluding hydrogens is 256 g/mol. The number of hydrogen-bond donors (Lipinski definition) is 4. The molecule has 0 aliphatic rings. The summed E-state index contributed by atoms with van der Waals surface area (Å²) in [5, 5.41) is 6.02. The third kappa shape index (κ3) is 4.34. The minimum absolute atomic E-state index is 0.0829. The van der Waals surface area contributed by atoms with Gasteiger partial charge in [0.15, 0.2) is 0 Å². The highest BCUT2D eigenvalue weighted by Crippen LogP contribution is 2.20. The maximum atomic E-state index is 12.1. The number of nitrogens with zero attached hydrogens (tertiary/aromatic N) is 2. The van der Waals surface area contributed by atoms with Gasteiger partial charge in [0.2, 0.25) is 5.91 Å². The van der Waals surface area contributed by atoms with E-state index in [1.54, 1.807) is 6.92 Å². The molecule has 0 aliphatic heterocycles. The van der Waals surface area contributed by atoms with Gasteiger partial charge in [-0.15, -0.1) is 0 Å². The van der Waals surface area contributed by atoms with Crippen molar-refractivity contribution in [3.8, 4) is 0 Å². The molecule has 5 N–H and O–H groups in total. The Morgan fingerprint density at radius 2 is 1.95 bits per heavy atom. The second-order valence-electron chi connectivity index (χ2n) is 5.65. The Bertz CT molecular complexity index is 468. The summed E-state index contributed by atoms with van der Waals surface area (Å²) < 4.78 is 0. The number of hydrogen-bond acceptors (Lipinski definition) is 6. The van der Waals surface area contributed by atoms with Crippen molar-refractivity contribution in [2.75, 3.05) is 10.7 Å². The standard InChI is InChI=1S/C13H24N6O/c1-6-9-10(15-7-16-11(9)19-14)17-8(2)12(20)18-13(3,4)5/h7-8H,6,14H2,1-5H3,(H,18,20)(H2,15,16,17,19). The van der Waals surface area contributed by atoms with Gasteiger partial charge in [-0.25, -0.2) is 15.8 Å². The largest absolute Gasteiger partial charge is 0.358 e. The number of nitrogens with one attached hydrogen (secondary N) is 3. The summed E-state index contributed by atoms with van der Waals surface area (Å²) in [6.07, 6.45) is 2.11. The number of carbonyl (C=O) groups is 1. The Hall–Kier alpha value is -1.89. The van der Waals surface area contributed by atoms with Crippen molar-refractivity contribution in [2.24, 2.45) is 5.84 Å². The van der Waals surface area contributed by atoms with Crippen LogP contribution in [0, 0.1) is 0 Å². The predicted molar refractivity (Wildman–Crippen MR) is 80.2 cm³/mol. The van der Waals surface area contributed by atoms with Crippen molar-refractivity contribution in [1.29, 1.82) is 0 Å². The van der Waals surface area contributed by atoms with Gasteiger partial charge < -0.3 is 16.1 Å². The van der Waals surface area contributed by atoms with Crippen LogP contribution in [-0.4, -0.2) is 27.5 Å². The minimum atomic E-state index is -0.403. The van der Waals surface area contributed by atoms with E-state index in [4.69, 9.17) is 5.84 Å². The lowest BCUT2D eigenvalue weighted by Crippen LogP contribution is -2.47. The van der Waals surface area contributed by atoms with E-state index in [2.05, 4.69) is 26.0 Å². The molecular formula is C13H24N6O. The van der Waals surface area contributed by atoms with Crippen LogP contribution in [-0.2, 0) is 11.2 Å². The SMILES string of the molecule is CCc1c(NN)ncnc1NC(C)C(=O)NC(C)(C)C. The first-order valence-corrected chi connectivity index (χ1v) is 6.67. The molecule has 1 aromatic heterocycles. The average Bonchev–Trinajstić information content (AvgIpc) is 2.36. The molecule has 1 heterocycles. The molecule has 1 atom stereocenters. The molecule has 20 heavy (non-hydrogen) atoms. The molecule has 112 valence electrons. The zero-order chi connectivity index (χ0) is 15.3. The number of anilines is 2. The molecule has 7 heteroatoms. The highest BCUT2D eigenvalue weighted by molar-refractivity contribution is 5.84. The molecule has 0 bridgehead atoms. The first-order chi connectivity index (χ1) is 9.28. The lowest BCUT2D eigenvalue weighted by Gasteiger charge is -2.24. The molecule has 0 radical (unpaired) electrons. The summed E-state index contributed by atoms with van der Waals surface area (Å²) in [6, 6.07) is -0.403. The molecule has 0 saturated carbocycles. The Kier molecular flexibility index (Phi) is 5.26. The van der Waals surface area contributed by atoms with Gasteiger partial charge in [0.05, 0.1) is 0 Å². The third-order valence-electron chi connectivity index (χ3n) is 2.68. The van der Waals surface area contributed by atoms with Crippen molar-refractivity contribution in [2.45, 2.75) is 52.6 Å². The number of amides is 1. The molecule has 1 amide bonds. The van der Waals surface area contributed by atoms with E-state index in [0.717, 1.165) is 5.56 Å². The van der Waals surface area contributed by atoms with Crippen LogP contribution >= 0.6 is 0 Å². The van der Waals surface area contributed by atoms with Crippen molar-refractivity contribution in [3.05, 3.63) is 11.9 Å². The minimum Gasteiger partial charge on any atom is -0.358 e. The fraction of sp³-hybridized carbons (Fsp3) is 0.615. The van der Waals surface area contributed by atoms with Gasteiger partial charge in [0.1, 0.15) is 24.0 Å². The molecule has 1 rings (SSSR count). The fourth-order valence-electron chi connectivity index (χ4n) is 1.74. The van der Waals surface area contributed by atoms with E-state index in [1.165, 1.54) is 6.33 Å². The van der Waals surface area contributed by atoms with Crippen molar-refractivity contribution >= 4 is 17.5 Å². The van der Waals surface area contributed by atoms with Crippen molar-refractivity contribution in [3.63, 3.8) is 0 Å². The van der Waals surface area contributed by atoms with E-state index in [0.29, 0.717) is 18.1 Å². The van der Waals surface area contributed by atoms with Crippen LogP contribution in [0.5, 0.6) is 0 Å². The van der Waals surface area contributed by atoms with Gasteiger partial charge in [0, 0.05) is 11.1 Å². The van der Waals surface area contributed by atoms with Crippen molar-refractivity contribution < 1.29 is 4.79 Å². The smallest absolute Gasteiger partial charge is 0.242 e. The monoisotopic (exact) mass is 280 g/mol. The second kappa shape index (κ2) is 6.51.